The molecule has 1 aliphatic rings. The summed E-state index contributed by atoms with van der Waals surface area (Å²) in [5, 5.41) is 1.10. The van der Waals surface area contributed by atoms with Crippen LogP contribution in [0.25, 0.3) is 6.08 Å². The average molecular weight is 765 g/mol. The molecule has 1 atom stereocenters. The highest BCUT2D eigenvalue weighted by Crippen LogP contribution is 2.35. The molecule has 1 aliphatic heterocycles. The third-order valence-corrected chi connectivity index (χ3v) is 9.09. The number of esters is 1. The second kappa shape index (κ2) is 14.2. The molecule has 0 amide bonds. The number of carbonyl (C=O) groups excluding carboxylic acids is 1. The largest absolute Gasteiger partial charge is 0.490 e. The van der Waals surface area contributed by atoms with E-state index in [4.69, 9.17) is 42.1 Å². The van der Waals surface area contributed by atoms with Crippen molar-refractivity contribution in [3.8, 4) is 17.2 Å². The van der Waals surface area contributed by atoms with Crippen molar-refractivity contribution < 1.29 is 23.7 Å². The van der Waals surface area contributed by atoms with Gasteiger partial charge in [0.15, 0.2) is 16.3 Å². The first kappa shape index (κ1) is 32.1. The number of halogens is 3. The number of carbonyl (C=O) groups is 1. The Balaban J connectivity index is 1.51. The van der Waals surface area contributed by atoms with Crippen molar-refractivity contribution in [1.29, 1.82) is 0 Å². The molecule has 0 aliphatic carbocycles. The Kier molecular flexibility index (Phi) is 10.3. The minimum absolute atomic E-state index is 0.231. The molecule has 5 rings (SSSR count). The third-order valence-electron chi connectivity index (χ3n) is 6.66. The van der Waals surface area contributed by atoms with E-state index in [9.17, 15) is 9.59 Å². The summed E-state index contributed by atoms with van der Waals surface area (Å²) < 4.78 is 25.4. The molecule has 0 radical (unpaired) electrons. The number of aromatic nitrogens is 1. The number of thiazole rings is 1. The summed E-state index contributed by atoms with van der Waals surface area (Å²) in [4.78, 5) is 31.7. The van der Waals surface area contributed by atoms with Gasteiger partial charge < -0.3 is 18.9 Å². The van der Waals surface area contributed by atoms with Gasteiger partial charge in [0, 0.05) is 21.8 Å². The number of nitrogens with zero attached hydrogens (tertiary/aromatic N) is 2. The molecule has 0 saturated carbocycles. The van der Waals surface area contributed by atoms with Crippen molar-refractivity contribution >= 4 is 69.2 Å². The SMILES string of the molecule is CCOc1ccc([C@@H]2C(C(=O)OC)=CN=c3s/c(=C\c4ccc(OCc5ccc(Cl)cc5Cl)c(I)c4)c(=O)n32)cc1OCC. The number of hydrogen-bond acceptors (Lipinski definition) is 8. The molecule has 0 spiro atoms. The molecule has 0 fully saturated rings. The lowest BCUT2D eigenvalue weighted by atomic mass is 9.97. The highest BCUT2D eigenvalue weighted by atomic mass is 127. The molecule has 8 nitrogen and oxygen atoms in total. The minimum Gasteiger partial charge on any atom is -0.490 e. The van der Waals surface area contributed by atoms with Gasteiger partial charge in [-0.05, 0) is 90.0 Å². The predicted octanol–water partition coefficient (Wildman–Crippen LogP) is 6.31. The van der Waals surface area contributed by atoms with Crippen LogP contribution in [-0.2, 0) is 16.1 Å². The fourth-order valence-corrected chi connectivity index (χ4v) is 6.78. The van der Waals surface area contributed by atoms with Crippen molar-refractivity contribution in [2.75, 3.05) is 20.3 Å². The lowest BCUT2D eigenvalue weighted by Gasteiger charge is -2.23. The molecule has 2 heterocycles. The van der Waals surface area contributed by atoms with Gasteiger partial charge in [0.1, 0.15) is 12.4 Å². The van der Waals surface area contributed by atoms with Crippen molar-refractivity contribution in [2.24, 2.45) is 4.99 Å². The maximum atomic E-state index is 13.9. The van der Waals surface area contributed by atoms with Crippen LogP contribution in [0.4, 0.5) is 0 Å². The second-order valence-electron chi connectivity index (χ2n) is 9.46. The topological polar surface area (TPSA) is 88.4 Å². The standard InChI is InChI=1S/C32H27Cl2IN2O6S/c1-4-41-26-11-8-19(14-27(26)42-5-2)29-22(31(39)40-3)16-36-32-37(29)30(38)28(44-32)13-18-6-10-25(24(35)12-18)43-17-20-7-9-21(33)15-23(20)34/h6-16,29H,4-5,17H2,1-3H3/b28-13-/t29-/m1/s1. The molecular formula is C32H27Cl2IN2O6S. The molecular weight excluding hydrogens is 738 g/mol. The van der Waals surface area contributed by atoms with Crippen LogP contribution in [-0.4, -0.2) is 30.9 Å². The Morgan fingerprint density at radius 1 is 1.00 bits per heavy atom. The van der Waals surface area contributed by atoms with Gasteiger partial charge in [0.25, 0.3) is 5.56 Å². The van der Waals surface area contributed by atoms with Gasteiger partial charge in [-0.25, -0.2) is 9.79 Å². The van der Waals surface area contributed by atoms with E-state index in [1.54, 1.807) is 30.3 Å². The first-order valence-electron chi connectivity index (χ1n) is 13.6. The maximum Gasteiger partial charge on any atom is 0.337 e. The number of ether oxygens (including phenoxy) is 4. The van der Waals surface area contributed by atoms with Crippen LogP contribution in [0.3, 0.4) is 0 Å². The van der Waals surface area contributed by atoms with E-state index in [0.717, 1.165) is 14.7 Å². The fourth-order valence-electron chi connectivity index (χ4n) is 4.66. The summed E-state index contributed by atoms with van der Waals surface area (Å²) in [5.41, 5.74) is 2.23. The van der Waals surface area contributed by atoms with Crippen LogP contribution < -0.4 is 29.1 Å². The molecule has 12 heteroatoms. The molecule has 0 bridgehead atoms. The highest BCUT2D eigenvalue weighted by Gasteiger charge is 2.31. The lowest BCUT2D eigenvalue weighted by Crippen LogP contribution is -2.39. The molecule has 4 aromatic rings. The highest BCUT2D eigenvalue weighted by molar-refractivity contribution is 14.1. The summed E-state index contributed by atoms with van der Waals surface area (Å²) in [5.74, 6) is 1.20. The van der Waals surface area contributed by atoms with Crippen LogP contribution in [0, 0.1) is 3.57 Å². The molecule has 228 valence electrons. The van der Waals surface area contributed by atoms with E-state index in [2.05, 4.69) is 27.6 Å². The number of fused-ring (bicyclic) bond motifs is 1. The van der Waals surface area contributed by atoms with Crippen LogP contribution >= 0.6 is 57.1 Å². The molecule has 0 unspecified atom stereocenters. The Morgan fingerprint density at radius 2 is 1.75 bits per heavy atom. The summed E-state index contributed by atoms with van der Waals surface area (Å²) in [6.45, 7) is 4.93. The monoisotopic (exact) mass is 764 g/mol. The first-order chi connectivity index (χ1) is 21.2. The summed E-state index contributed by atoms with van der Waals surface area (Å²) in [7, 11) is 1.30. The van der Waals surface area contributed by atoms with Crippen molar-refractivity contribution in [3.63, 3.8) is 0 Å². The van der Waals surface area contributed by atoms with Gasteiger partial charge in [-0.15, -0.1) is 0 Å². The molecule has 1 aromatic heterocycles. The summed E-state index contributed by atoms with van der Waals surface area (Å²) in [6.07, 6.45) is 3.26. The third kappa shape index (κ3) is 6.83. The number of benzene rings is 3. The first-order valence-corrected chi connectivity index (χ1v) is 16.2. The van der Waals surface area contributed by atoms with Gasteiger partial charge >= 0.3 is 5.97 Å². The zero-order valence-corrected chi connectivity index (χ0v) is 28.4. The smallest absolute Gasteiger partial charge is 0.337 e. The van der Waals surface area contributed by atoms with Crippen LogP contribution in [0.15, 0.2) is 76.2 Å². The molecule has 0 N–H and O–H groups in total. The normalized spacial score (nSPS) is 14.4. The molecule has 44 heavy (non-hydrogen) atoms. The van der Waals surface area contributed by atoms with E-state index in [0.29, 0.717) is 55.4 Å². The number of methoxy groups -OCH3 is 1. The fraction of sp³-hybridized carbons (Fsp3) is 0.219. The van der Waals surface area contributed by atoms with E-state index in [1.807, 2.05) is 44.2 Å². The van der Waals surface area contributed by atoms with Gasteiger partial charge in [-0.2, -0.15) is 0 Å². The maximum absolute atomic E-state index is 13.9. The van der Waals surface area contributed by atoms with E-state index in [1.165, 1.54) is 29.2 Å². The second-order valence-corrected chi connectivity index (χ2v) is 12.5. The molecule has 3 aromatic carbocycles. The van der Waals surface area contributed by atoms with E-state index < -0.39 is 12.0 Å². The zero-order chi connectivity index (χ0) is 31.4. The van der Waals surface area contributed by atoms with Crippen LogP contribution in [0.2, 0.25) is 10.0 Å². The lowest BCUT2D eigenvalue weighted by molar-refractivity contribution is -0.136. The number of hydrogen-bond donors (Lipinski definition) is 0. The van der Waals surface area contributed by atoms with Gasteiger partial charge in [0.05, 0.1) is 40.0 Å². The average Bonchev–Trinajstić information content (AvgIpc) is 3.32. The van der Waals surface area contributed by atoms with Crippen LogP contribution in [0.1, 0.15) is 36.6 Å². The van der Waals surface area contributed by atoms with Crippen molar-refractivity contribution in [2.45, 2.75) is 26.5 Å². The van der Waals surface area contributed by atoms with Crippen LogP contribution in [0.5, 0.6) is 17.2 Å². The summed E-state index contributed by atoms with van der Waals surface area (Å²) >= 11 is 15.7. The van der Waals surface area contributed by atoms with Gasteiger partial charge in [-0.3, -0.25) is 9.36 Å². The summed E-state index contributed by atoms with van der Waals surface area (Å²) in [6, 6.07) is 15.5. The van der Waals surface area contributed by atoms with Crippen molar-refractivity contribution in [1.82, 2.24) is 4.57 Å². The van der Waals surface area contributed by atoms with Crippen molar-refractivity contribution in [3.05, 3.63) is 116 Å². The van der Waals surface area contributed by atoms with E-state index in [-0.39, 0.29) is 17.7 Å². The minimum atomic E-state index is -0.772. The Morgan fingerprint density at radius 3 is 2.45 bits per heavy atom. The Hall–Kier alpha value is -3.32. The Bertz CT molecular complexity index is 1940. The zero-order valence-electron chi connectivity index (χ0n) is 23.9. The van der Waals surface area contributed by atoms with Gasteiger partial charge in [0.2, 0.25) is 0 Å². The van der Waals surface area contributed by atoms with Gasteiger partial charge in [-0.1, -0.05) is 52.7 Å². The predicted molar refractivity (Wildman–Crippen MR) is 180 cm³/mol. The van der Waals surface area contributed by atoms with E-state index >= 15 is 0 Å². The number of rotatable bonds is 10. The molecule has 0 saturated heterocycles. The quantitative estimate of drug-likeness (QED) is 0.139. The Labute approximate surface area is 281 Å².